The molecule has 40 heavy (non-hydrogen) atoms. The van der Waals surface area contributed by atoms with Crippen LogP contribution in [0, 0.1) is 0 Å². The maximum Gasteiger partial charge on any atom is 0.416 e. The van der Waals surface area contributed by atoms with Gasteiger partial charge in [-0.05, 0) is 42.0 Å². The number of hydrogen-bond acceptors (Lipinski definition) is 6. The SMILES string of the molecule is CC.CC.N/C(=N\N(N)CC1(OCc2ccccc2)CS(=O)C1)c1ccccc1Nc1ccc(C(F)(F)F)cc1. The van der Waals surface area contributed by atoms with Crippen molar-refractivity contribution in [2.75, 3.05) is 23.4 Å². The lowest BCUT2D eigenvalue weighted by molar-refractivity contribution is -0.137. The molecular formula is C29H38F3N5O2S. The normalized spacial score (nSPS) is 18.3. The predicted octanol–water partition coefficient (Wildman–Crippen LogP) is 6.02. The summed E-state index contributed by atoms with van der Waals surface area (Å²) in [6.45, 7) is 8.53. The minimum Gasteiger partial charge on any atom is -0.382 e. The third-order valence-corrected chi connectivity index (χ3v) is 7.31. The Kier molecular flexibility index (Phi) is 12.6. The summed E-state index contributed by atoms with van der Waals surface area (Å²) in [5.74, 6) is 6.93. The number of hydrogen-bond donors (Lipinski definition) is 3. The van der Waals surface area contributed by atoms with Gasteiger partial charge in [-0.3, -0.25) is 4.21 Å². The molecule has 7 nitrogen and oxygen atoms in total. The first kappa shape index (κ1) is 32.8. The van der Waals surface area contributed by atoms with Crippen molar-refractivity contribution in [3.8, 4) is 0 Å². The molecule has 0 atom stereocenters. The molecular weight excluding hydrogens is 539 g/mol. The van der Waals surface area contributed by atoms with Crippen LogP contribution in [-0.4, -0.2) is 38.8 Å². The summed E-state index contributed by atoms with van der Waals surface area (Å²) in [5.41, 5.74) is 7.31. The smallest absolute Gasteiger partial charge is 0.382 e. The van der Waals surface area contributed by atoms with E-state index in [0.29, 0.717) is 35.1 Å². The van der Waals surface area contributed by atoms with Gasteiger partial charge >= 0.3 is 6.18 Å². The number of hydrazine groups is 1. The molecule has 1 saturated heterocycles. The molecule has 5 N–H and O–H groups in total. The standard InChI is InChI=1S/C25H26F3N5O2S.2C2H6/c26-25(27,28)19-10-12-20(13-11-19)31-22-9-5-4-8-21(22)23(29)32-33(30)15-24(16-36(34)17-24)35-14-18-6-2-1-3-7-18;2*1-2/h1-13,31H,14-17,30H2,(H2,29,32);2*1-2H3. The number of rotatable bonds is 9. The Bertz CT molecular complexity index is 1230. The van der Waals surface area contributed by atoms with Gasteiger partial charge in [-0.25, -0.2) is 11.0 Å². The maximum atomic E-state index is 12.8. The van der Waals surface area contributed by atoms with Crippen LogP contribution < -0.4 is 16.9 Å². The predicted molar refractivity (Wildman–Crippen MR) is 157 cm³/mol. The van der Waals surface area contributed by atoms with Gasteiger partial charge in [0.1, 0.15) is 5.60 Å². The number of ether oxygens (including phenoxy) is 1. The second kappa shape index (κ2) is 15.4. The van der Waals surface area contributed by atoms with Crippen molar-refractivity contribution in [2.24, 2.45) is 16.7 Å². The number of amidine groups is 1. The molecule has 1 fully saturated rings. The molecule has 4 rings (SSSR count). The van der Waals surface area contributed by atoms with E-state index in [9.17, 15) is 17.4 Å². The average molecular weight is 578 g/mol. The average Bonchev–Trinajstić information content (AvgIpc) is 2.94. The monoisotopic (exact) mass is 577 g/mol. The molecule has 3 aromatic rings. The Morgan fingerprint density at radius 1 is 0.975 bits per heavy atom. The van der Waals surface area contributed by atoms with E-state index in [1.807, 2.05) is 58.0 Å². The van der Waals surface area contributed by atoms with E-state index < -0.39 is 28.1 Å². The summed E-state index contributed by atoms with van der Waals surface area (Å²) in [5, 5.41) is 8.52. The van der Waals surface area contributed by atoms with E-state index in [2.05, 4.69) is 10.4 Å². The highest BCUT2D eigenvalue weighted by molar-refractivity contribution is 7.86. The first-order valence-corrected chi connectivity index (χ1v) is 14.6. The largest absolute Gasteiger partial charge is 0.416 e. The topological polar surface area (TPSA) is 106 Å². The van der Waals surface area contributed by atoms with Crippen molar-refractivity contribution >= 4 is 28.0 Å². The Morgan fingerprint density at radius 3 is 2.12 bits per heavy atom. The third-order valence-electron chi connectivity index (χ3n) is 5.62. The summed E-state index contributed by atoms with van der Waals surface area (Å²) < 4.78 is 56.5. The third kappa shape index (κ3) is 9.35. The van der Waals surface area contributed by atoms with Crippen LogP contribution in [-0.2, 0) is 28.3 Å². The van der Waals surface area contributed by atoms with Crippen LogP contribution in [0.25, 0.3) is 0 Å². The van der Waals surface area contributed by atoms with Crippen molar-refractivity contribution in [3.05, 3.63) is 95.6 Å². The number of benzene rings is 3. The van der Waals surface area contributed by atoms with Gasteiger partial charge < -0.3 is 15.8 Å². The van der Waals surface area contributed by atoms with E-state index in [4.69, 9.17) is 16.3 Å². The molecule has 11 heteroatoms. The Balaban J connectivity index is 0.00000134. The van der Waals surface area contributed by atoms with Crippen LogP contribution in [0.1, 0.15) is 44.4 Å². The fourth-order valence-electron chi connectivity index (χ4n) is 3.81. The minimum absolute atomic E-state index is 0.103. The lowest BCUT2D eigenvalue weighted by atomic mass is 10.1. The maximum absolute atomic E-state index is 12.8. The molecule has 3 aromatic carbocycles. The highest BCUT2D eigenvalue weighted by atomic mass is 32.2. The Morgan fingerprint density at radius 2 is 1.55 bits per heavy atom. The Hall–Kier alpha value is -3.41. The van der Waals surface area contributed by atoms with Crippen molar-refractivity contribution < 1.29 is 22.1 Å². The number of nitrogens with zero attached hydrogens (tertiary/aromatic N) is 2. The van der Waals surface area contributed by atoms with Crippen LogP contribution in [0.5, 0.6) is 0 Å². The highest BCUT2D eigenvalue weighted by Gasteiger charge is 2.45. The van der Waals surface area contributed by atoms with Crippen LogP contribution in [0.2, 0.25) is 0 Å². The van der Waals surface area contributed by atoms with Gasteiger partial charge in [-0.1, -0.05) is 70.2 Å². The number of hydrazone groups is 1. The lowest BCUT2D eigenvalue weighted by Crippen LogP contribution is -2.60. The van der Waals surface area contributed by atoms with Gasteiger partial charge in [0.2, 0.25) is 0 Å². The summed E-state index contributed by atoms with van der Waals surface area (Å²) in [4.78, 5) is 0. The molecule has 0 bridgehead atoms. The number of nitrogens with one attached hydrogen (secondary N) is 1. The zero-order valence-corrected chi connectivity index (χ0v) is 24.1. The Labute approximate surface area is 236 Å². The molecule has 1 aliphatic heterocycles. The molecule has 218 valence electrons. The van der Waals surface area contributed by atoms with Gasteiger partial charge in [-0.15, -0.1) is 5.10 Å². The van der Waals surface area contributed by atoms with Crippen molar-refractivity contribution in [3.63, 3.8) is 0 Å². The van der Waals surface area contributed by atoms with Crippen LogP contribution in [0.15, 0.2) is 84.0 Å². The number of para-hydroxylation sites is 1. The van der Waals surface area contributed by atoms with Crippen molar-refractivity contribution in [2.45, 2.75) is 46.1 Å². The summed E-state index contributed by atoms with van der Waals surface area (Å²) in [7, 11) is -0.985. The molecule has 1 aliphatic rings. The number of nitrogens with two attached hydrogens (primary N) is 2. The molecule has 0 aromatic heterocycles. The van der Waals surface area contributed by atoms with E-state index in [-0.39, 0.29) is 12.4 Å². The van der Waals surface area contributed by atoms with Crippen LogP contribution in [0.4, 0.5) is 24.5 Å². The second-order valence-corrected chi connectivity index (χ2v) is 9.97. The lowest BCUT2D eigenvalue weighted by Gasteiger charge is -2.41. The number of anilines is 2. The minimum atomic E-state index is -4.41. The zero-order chi connectivity index (χ0) is 29.8. The van der Waals surface area contributed by atoms with Gasteiger partial charge in [0.05, 0.1) is 30.2 Å². The summed E-state index contributed by atoms with van der Waals surface area (Å²) >= 11 is 0. The van der Waals surface area contributed by atoms with Gasteiger partial charge in [0.15, 0.2) is 5.84 Å². The van der Waals surface area contributed by atoms with Gasteiger partial charge in [-0.2, -0.15) is 13.2 Å². The van der Waals surface area contributed by atoms with Gasteiger partial charge in [0, 0.05) is 27.7 Å². The summed E-state index contributed by atoms with van der Waals surface area (Å²) in [6, 6.07) is 21.3. The molecule has 0 aliphatic carbocycles. The first-order valence-electron chi connectivity index (χ1n) is 13.1. The molecule has 0 spiro atoms. The fraction of sp³-hybridized carbons (Fsp3) is 0.345. The highest BCUT2D eigenvalue weighted by Crippen LogP contribution is 2.31. The first-order chi connectivity index (χ1) is 19.1. The van der Waals surface area contributed by atoms with E-state index in [1.165, 1.54) is 17.3 Å². The second-order valence-electron chi connectivity index (χ2n) is 8.51. The molecule has 0 amide bonds. The molecule has 0 saturated carbocycles. The quantitative estimate of drug-likeness (QED) is 0.124. The van der Waals surface area contributed by atoms with E-state index >= 15 is 0 Å². The molecule has 0 radical (unpaired) electrons. The van der Waals surface area contributed by atoms with E-state index in [1.54, 1.807) is 24.3 Å². The molecule has 0 unspecified atom stereocenters. The number of alkyl halides is 3. The van der Waals surface area contributed by atoms with Crippen LogP contribution >= 0.6 is 0 Å². The zero-order valence-electron chi connectivity index (χ0n) is 23.2. The number of halogens is 3. The van der Waals surface area contributed by atoms with Crippen molar-refractivity contribution in [1.82, 2.24) is 5.12 Å². The fourth-order valence-corrected chi connectivity index (χ4v) is 5.25. The van der Waals surface area contributed by atoms with Crippen LogP contribution in [0.3, 0.4) is 0 Å². The van der Waals surface area contributed by atoms with Crippen molar-refractivity contribution in [1.29, 1.82) is 0 Å². The van der Waals surface area contributed by atoms with Gasteiger partial charge in [0.25, 0.3) is 0 Å². The molecule has 1 heterocycles. The summed E-state index contributed by atoms with van der Waals surface area (Å²) in [6.07, 6.45) is -4.41. The van der Waals surface area contributed by atoms with E-state index in [0.717, 1.165) is 17.7 Å².